The van der Waals surface area contributed by atoms with Crippen LogP contribution in [0.25, 0.3) is 11.6 Å². The average Bonchev–Trinajstić information content (AvgIpc) is 3.63. The van der Waals surface area contributed by atoms with E-state index in [1.807, 2.05) is 11.0 Å². The highest BCUT2D eigenvalue weighted by atomic mass is 19.1. The van der Waals surface area contributed by atoms with Crippen LogP contribution in [-0.4, -0.2) is 60.0 Å². The van der Waals surface area contributed by atoms with Crippen LogP contribution in [0.5, 0.6) is 0 Å². The average molecular weight is 572 g/mol. The van der Waals surface area contributed by atoms with Gasteiger partial charge in [-0.3, -0.25) is 14.6 Å². The number of nitrogens with zero attached hydrogens (tertiary/aromatic N) is 4. The standard InChI is InChI=1S/C30H27F2N7O3/c1-16-10-23(32)24(37-28(41)30(6-7-30)27(40)35-19-4-2-18(31)3-5-19)12-21(16)22-11-17-13-34-29(36-20-14-42-15-20)38-25(17)39-9-8-33-26(22)39/h2-5,10-13,20H,6-9,14-15H2,1H3,(H,35,40)(H,37,41)(H,34,36,38). The Morgan fingerprint density at radius 2 is 1.83 bits per heavy atom. The number of carbonyl (C=O) groups excluding carboxylic acids is 2. The van der Waals surface area contributed by atoms with E-state index in [1.165, 1.54) is 30.3 Å². The van der Waals surface area contributed by atoms with E-state index in [0.717, 1.165) is 17.0 Å². The summed E-state index contributed by atoms with van der Waals surface area (Å²) in [6, 6.07) is 8.42. The van der Waals surface area contributed by atoms with Gasteiger partial charge in [-0.25, -0.2) is 13.8 Å². The van der Waals surface area contributed by atoms with E-state index in [0.29, 0.717) is 67.7 Å². The molecule has 1 aromatic heterocycles. The van der Waals surface area contributed by atoms with E-state index < -0.39 is 28.9 Å². The Balaban J connectivity index is 1.16. The van der Waals surface area contributed by atoms with Gasteiger partial charge in [-0.05, 0) is 73.4 Å². The molecule has 42 heavy (non-hydrogen) atoms. The highest BCUT2D eigenvalue weighted by Crippen LogP contribution is 2.48. The van der Waals surface area contributed by atoms with Crippen LogP contribution in [0.2, 0.25) is 0 Å². The molecular weight excluding hydrogens is 544 g/mol. The number of amides is 2. The first kappa shape index (κ1) is 26.2. The van der Waals surface area contributed by atoms with Gasteiger partial charge in [0.2, 0.25) is 17.8 Å². The summed E-state index contributed by atoms with van der Waals surface area (Å²) in [7, 11) is 0. The predicted molar refractivity (Wildman–Crippen MR) is 154 cm³/mol. The number of amidine groups is 1. The van der Waals surface area contributed by atoms with E-state index in [-0.39, 0.29) is 11.7 Å². The lowest BCUT2D eigenvalue weighted by Crippen LogP contribution is -2.41. The van der Waals surface area contributed by atoms with Crippen molar-refractivity contribution in [2.24, 2.45) is 10.4 Å². The fourth-order valence-corrected chi connectivity index (χ4v) is 5.34. The van der Waals surface area contributed by atoms with Crippen LogP contribution in [0, 0.1) is 24.0 Å². The van der Waals surface area contributed by atoms with E-state index in [1.54, 1.807) is 19.2 Å². The topological polar surface area (TPSA) is 121 Å². The number of aliphatic imine (C=N–C) groups is 1. The lowest BCUT2D eigenvalue weighted by molar-refractivity contribution is -0.131. The lowest BCUT2D eigenvalue weighted by Gasteiger charge is -2.30. The molecule has 3 aromatic rings. The van der Waals surface area contributed by atoms with Crippen LogP contribution in [-0.2, 0) is 14.3 Å². The number of hydrogen-bond donors (Lipinski definition) is 3. The first-order valence-electron chi connectivity index (χ1n) is 13.8. The van der Waals surface area contributed by atoms with Crippen molar-refractivity contribution in [2.45, 2.75) is 25.8 Å². The fraction of sp³-hybridized carbons (Fsp3) is 0.300. The van der Waals surface area contributed by atoms with Gasteiger partial charge in [0.15, 0.2) is 0 Å². The number of anilines is 4. The van der Waals surface area contributed by atoms with Crippen LogP contribution in [0.15, 0.2) is 47.6 Å². The quantitative estimate of drug-likeness (QED) is 0.367. The smallest absolute Gasteiger partial charge is 0.240 e. The van der Waals surface area contributed by atoms with E-state index in [9.17, 15) is 14.0 Å². The molecule has 2 aromatic carbocycles. The highest BCUT2D eigenvalue weighted by molar-refractivity contribution is 6.36. The molecule has 214 valence electrons. The zero-order chi connectivity index (χ0) is 29.0. The Morgan fingerprint density at radius 3 is 2.55 bits per heavy atom. The van der Waals surface area contributed by atoms with Crippen molar-refractivity contribution in [3.63, 3.8) is 0 Å². The third-order valence-corrected chi connectivity index (χ3v) is 7.98. The second-order valence-electron chi connectivity index (χ2n) is 10.9. The van der Waals surface area contributed by atoms with Gasteiger partial charge in [-0.1, -0.05) is 0 Å². The number of benzene rings is 2. The monoisotopic (exact) mass is 571 g/mol. The number of halogens is 2. The second kappa shape index (κ2) is 9.98. The first-order chi connectivity index (χ1) is 20.3. The summed E-state index contributed by atoms with van der Waals surface area (Å²) in [5.74, 6) is -0.183. The predicted octanol–water partition coefficient (Wildman–Crippen LogP) is 4.00. The molecule has 7 rings (SSSR count). The maximum absolute atomic E-state index is 15.2. The minimum atomic E-state index is -1.32. The van der Waals surface area contributed by atoms with Crippen molar-refractivity contribution in [1.29, 1.82) is 0 Å². The molecule has 4 aliphatic rings. The van der Waals surface area contributed by atoms with Crippen molar-refractivity contribution in [1.82, 2.24) is 9.97 Å². The molecule has 3 aliphatic heterocycles. The summed E-state index contributed by atoms with van der Waals surface area (Å²) in [6.45, 7) is 4.24. The molecule has 0 unspecified atom stereocenters. The van der Waals surface area contributed by atoms with Gasteiger partial charge in [0.25, 0.3) is 0 Å². The molecule has 0 atom stereocenters. The van der Waals surface area contributed by atoms with Crippen LogP contribution in [0.1, 0.15) is 29.5 Å². The Kier molecular flexibility index (Phi) is 6.23. The molecule has 1 saturated heterocycles. The minimum Gasteiger partial charge on any atom is -0.377 e. The van der Waals surface area contributed by atoms with Gasteiger partial charge in [0.1, 0.15) is 28.7 Å². The van der Waals surface area contributed by atoms with Crippen LogP contribution in [0.4, 0.5) is 31.9 Å². The fourth-order valence-electron chi connectivity index (χ4n) is 5.34. The second-order valence-corrected chi connectivity index (χ2v) is 10.9. The summed E-state index contributed by atoms with van der Waals surface area (Å²) in [4.78, 5) is 42.3. The maximum atomic E-state index is 15.2. The molecule has 3 N–H and O–H groups in total. The van der Waals surface area contributed by atoms with Crippen molar-refractivity contribution >= 4 is 52.4 Å². The number of aromatic nitrogens is 2. The number of hydrogen-bond acceptors (Lipinski definition) is 8. The summed E-state index contributed by atoms with van der Waals surface area (Å²) in [5.41, 5.74) is 1.93. The largest absolute Gasteiger partial charge is 0.377 e. The van der Waals surface area contributed by atoms with Gasteiger partial charge < -0.3 is 25.6 Å². The van der Waals surface area contributed by atoms with E-state index >= 15 is 4.39 Å². The molecule has 0 radical (unpaired) electrons. The third kappa shape index (κ3) is 4.57. The summed E-state index contributed by atoms with van der Waals surface area (Å²) < 4.78 is 33.7. The van der Waals surface area contributed by atoms with E-state index in [2.05, 4.69) is 20.9 Å². The zero-order valence-electron chi connectivity index (χ0n) is 22.7. The molecule has 0 spiro atoms. The van der Waals surface area contributed by atoms with Crippen molar-refractivity contribution < 1.29 is 23.1 Å². The lowest BCUT2D eigenvalue weighted by atomic mass is 9.94. The third-order valence-electron chi connectivity index (χ3n) is 7.98. The highest BCUT2D eigenvalue weighted by Gasteiger charge is 2.56. The molecule has 4 heterocycles. The summed E-state index contributed by atoms with van der Waals surface area (Å²) >= 11 is 0. The van der Waals surface area contributed by atoms with Crippen molar-refractivity contribution in [3.05, 3.63) is 70.9 Å². The van der Waals surface area contributed by atoms with Crippen LogP contribution >= 0.6 is 0 Å². The van der Waals surface area contributed by atoms with E-state index in [4.69, 9.17) is 14.7 Å². The summed E-state index contributed by atoms with van der Waals surface area (Å²) in [6.07, 6.45) is 4.32. The zero-order valence-corrected chi connectivity index (χ0v) is 22.7. The number of aryl methyl sites for hydroxylation is 1. The molecule has 0 bridgehead atoms. The Morgan fingerprint density at radius 1 is 1.07 bits per heavy atom. The van der Waals surface area contributed by atoms with Gasteiger partial charge in [0, 0.05) is 29.6 Å². The van der Waals surface area contributed by atoms with Crippen molar-refractivity contribution in [2.75, 3.05) is 47.2 Å². The Hall–Kier alpha value is -4.71. The SMILES string of the molecule is Cc1cc(F)c(NC(=O)C2(C(=O)Nc3ccc(F)cc3)CC2)cc1C1=Cc2cnc(NC3COC3)nc2N2CCN=C12. The molecule has 1 aliphatic carbocycles. The van der Waals surface area contributed by atoms with Gasteiger partial charge >= 0.3 is 0 Å². The Labute approximate surface area is 239 Å². The molecule has 10 nitrogen and oxygen atoms in total. The molecular formula is C30H27F2N7O3. The van der Waals surface area contributed by atoms with Gasteiger partial charge in [-0.2, -0.15) is 4.98 Å². The minimum absolute atomic E-state index is 0.0307. The number of carbonyl (C=O) groups is 2. The molecule has 2 fully saturated rings. The van der Waals surface area contributed by atoms with Crippen LogP contribution < -0.4 is 20.9 Å². The number of ether oxygens (including phenoxy) is 1. The summed E-state index contributed by atoms with van der Waals surface area (Å²) in [5, 5.41) is 8.59. The molecule has 2 amide bonds. The maximum Gasteiger partial charge on any atom is 0.240 e. The number of rotatable bonds is 7. The molecule has 12 heteroatoms. The number of nitrogens with one attached hydrogen (secondary N) is 3. The Bertz CT molecular complexity index is 1680. The van der Waals surface area contributed by atoms with Crippen molar-refractivity contribution in [3.8, 4) is 0 Å². The number of fused-ring (bicyclic) bond motifs is 3. The normalized spacial score (nSPS) is 18.2. The van der Waals surface area contributed by atoms with Gasteiger partial charge in [-0.15, -0.1) is 0 Å². The van der Waals surface area contributed by atoms with Gasteiger partial charge in [0.05, 0.1) is 31.5 Å². The first-order valence-corrected chi connectivity index (χ1v) is 13.8. The van der Waals surface area contributed by atoms with Crippen LogP contribution in [0.3, 0.4) is 0 Å². The molecule has 1 saturated carbocycles.